The van der Waals surface area contributed by atoms with Crippen LogP contribution in [0.3, 0.4) is 0 Å². The van der Waals surface area contributed by atoms with E-state index >= 15 is 0 Å². The largest absolute Gasteiger partial charge is 0.484 e. The van der Waals surface area contributed by atoms with Crippen molar-refractivity contribution in [2.24, 2.45) is 0 Å². The summed E-state index contributed by atoms with van der Waals surface area (Å²) in [5.41, 5.74) is 1.11. The molecule has 94 valence electrons. The fraction of sp³-hybridized carbons (Fsp3) is 0.167. The molecule has 1 heterocycles. The van der Waals surface area contributed by atoms with Gasteiger partial charge in [0.15, 0.2) is 0 Å². The van der Waals surface area contributed by atoms with Gasteiger partial charge in [0.05, 0.1) is 10.5 Å². The number of halogens is 1. The average Bonchev–Trinajstić information content (AvgIpc) is 2.76. The van der Waals surface area contributed by atoms with Gasteiger partial charge in [-0.2, -0.15) is 0 Å². The van der Waals surface area contributed by atoms with Crippen LogP contribution in [-0.2, 0) is 6.61 Å². The van der Waals surface area contributed by atoms with Crippen LogP contribution in [0.5, 0.6) is 5.75 Å². The Morgan fingerprint density at radius 3 is 2.78 bits per heavy atom. The monoisotopic (exact) mass is 311 g/mol. The smallest absolute Gasteiger partial charge is 0.433 e. The van der Waals surface area contributed by atoms with Crippen LogP contribution in [0.1, 0.15) is 11.3 Å². The van der Waals surface area contributed by atoms with Crippen LogP contribution >= 0.6 is 15.9 Å². The van der Waals surface area contributed by atoms with Crippen molar-refractivity contribution in [3.8, 4) is 5.75 Å². The lowest BCUT2D eigenvalue weighted by molar-refractivity contribution is -0.402. The molecule has 2 aromatic rings. The minimum atomic E-state index is -0.578. The minimum absolute atomic E-state index is 0.148. The van der Waals surface area contributed by atoms with Crippen LogP contribution in [0.15, 0.2) is 39.2 Å². The molecule has 0 bridgehead atoms. The second kappa shape index (κ2) is 5.22. The van der Waals surface area contributed by atoms with E-state index in [0.717, 1.165) is 10.0 Å². The van der Waals surface area contributed by atoms with Crippen LogP contribution < -0.4 is 4.74 Å². The maximum absolute atomic E-state index is 10.4. The third-order valence-electron chi connectivity index (χ3n) is 2.28. The van der Waals surface area contributed by atoms with E-state index in [-0.39, 0.29) is 12.5 Å². The first-order valence-electron chi connectivity index (χ1n) is 5.18. The topological polar surface area (TPSA) is 65.5 Å². The third-order valence-corrected chi connectivity index (χ3v) is 2.90. The van der Waals surface area contributed by atoms with Crippen molar-refractivity contribution < 1.29 is 14.1 Å². The molecule has 2 rings (SSSR count). The van der Waals surface area contributed by atoms with Crippen molar-refractivity contribution in [1.29, 1.82) is 0 Å². The summed E-state index contributed by atoms with van der Waals surface area (Å²) >= 11 is 3.39. The number of nitrogens with zero attached hydrogens (tertiary/aromatic N) is 1. The summed E-state index contributed by atoms with van der Waals surface area (Å²) in [7, 11) is 0. The second-order valence-electron chi connectivity index (χ2n) is 3.72. The third kappa shape index (κ3) is 2.89. The highest BCUT2D eigenvalue weighted by Crippen LogP contribution is 2.27. The van der Waals surface area contributed by atoms with Crippen LogP contribution in [0, 0.1) is 17.0 Å². The molecule has 0 fully saturated rings. The predicted molar refractivity (Wildman–Crippen MR) is 68.6 cm³/mol. The Hall–Kier alpha value is -1.82. The van der Waals surface area contributed by atoms with E-state index in [1.54, 1.807) is 0 Å². The maximum Gasteiger partial charge on any atom is 0.433 e. The summed E-state index contributed by atoms with van der Waals surface area (Å²) in [4.78, 5) is 9.87. The zero-order chi connectivity index (χ0) is 13.1. The van der Waals surface area contributed by atoms with Gasteiger partial charge in [0.1, 0.15) is 23.0 Å². The van der Waals surface area contributed by atoms with E-state index in [1.807, 2.05) is 25.1 Å². The quantitative estimate of drug-likeness (QED) is 0.635. The zero-order valence-electron chi connectivity index (χ0n) is 9.55. The molecule has 0 saturated carbocycles. The van der Waals surface area contributed by atoms with Gasteiger partial charge in [0.25, 0.3) is 0 Å². The van der Waals surface area contributed by atoms with Crippen LogP contribution in [0.4, 0.5) is 5.88 Å². The van der Waals surface area contributed by atoms with E-state index in [2.05, 4.69) is 15.9 Å². The number of benzene rings is 1. The lowest BCUT2D eigenvalue weighted by atomic mass is 10.2. The van der Waals surface area contributed by atoms with E-state index in [4.69, 9.17) is 9.15 Å². The fourth-order valence-electron chi connectivity index (χ4n) is 1.41. The first-order chi connectivity index (χ1) is 8.56. The van der Waals surface area contributed by atoms with Crippen molar-refractivity contribution in [2.75, 3.05) is 0 Å². The molecule has 5 nitrogen and oxygen atoms in total. The summed E-state index contributed by atoms with van der Waals surface area (Å²) in [6, 6.07) is 8.52. The maximum atomic E-state index is 10.4. The van der Waals surface area contributed by atoms with Crippen LogP contribution in [-0.4, -0.2) is 4.92 Å². The molecule has 0 aliphatic heterocycles. The Morgan fingerprint density at radius 2 is 2.17 bits per heavy atom. The van der Waals surface area contributed by atoms with E-state index in [9.17, 15) is 10.1 Å². The number of ether oxygens (including phenoxy) is 1. The molecule has 0 aliphatic carbocycles. The molecule has 0 aliphatic rings. The molecule has 1 aromatic heterocycles. The van der Waals surface area contributed by atoms with Crippen molar-refractivity contribution >= 4 is 21.8 Å². The predicted octanol–water partition coefficient (Wildman–Crippen LogP) is 3.84. The summed E-state index contributed by atoms with van der Waals surface area (Å²) in [6.45, 7) is 2.12. The van der Waals surface area contributed by atoms with Gasteiger partial charge in [-0.25, -0.2) is 0 Å². The molecule has 0 saturated heterocycles. The molecule has 0 amide bonds. The molecule has 18 heavy (non-hydrogen) atoms. The number of hydrogen-bond acceptors (Lipinski definition) is 4. The highest BCUT2D eigenvalue weighted by Gasteiger charge is 2.12. The van der Waals surface area contributed by atoms with Gasteiger partial charge < -0.3 is 9.15 Å². The van der Waals surface area contributed by atoms with Crippen molar-refractivity contribution in [3.63, 3.8) is 0 Å². The summed E-state index contributed by atoms with van der Waals surface area (Å²) < 4.78 is 11.3. The number of nitro groups is 1. The molecule has 0 atom stereocenters. The molecule has 0 radical (unpaired) electrons. The van der Waals surface area contributed by atoms with Crippen molar-refractivity contribution in [2.45, 2.75) is 13.5 Å². The molecule has 0 spiro atoms. The second-order valence-corrected chi connectivity index (χ2v) is 4.57. The Bertz CT molecular complexity index is 579. The Labute approximate surface area is 112 Å². The van der Waals surface area contributed by atoms with Gasteiger partial charge in [-0.05, 0) is 46.6 Å². The molecule has 1 aromatic carbocycles. The molecule has 6 heteroatoms. The summed E-state index contributed by atoms with van der Waals surface area (Å²) in [5, 5.41) is 10.4. The molecule has 0 unspecified atom stereocenters. The number of hydrogen-bond donors (Lipinski definition) is 0. The minimum Gasteiger partial charge on any atom is -0.484 e. The summed E-state index contributed by atoms with van der Waals surface area (Å²) in [6.07, 6.45) is 0. The van der Waals surface area contributed by atoms with Gasteiger partial charge >= 0.3 is 5.88 Å². The van der Waals surface area contributed by atoms with Gasteiger partial charge in [-0.3, -0.25) is 10.1 Å². The average molecular weight is 312 g/mol. The highest BCUT2D eigenvalue weighted by molar-refractivity contribution is 9.10. The standard InChI is InChI=1S/C12H10BrNO4/c1-8-2-4-11(10(13)6-8)17-7-9-3-5-12(18-9)14(15)16/h2-6H,7H2,1H3. The number of aryl methyl sites for hydroxylation is 1. The van der Waals surface area contributed by atoms with Crippen molar-refractivity contribution in [3.05, 3.63) is 56.2 Å². The first kappa shape index (κ1) is 12.6. The van der Waals surface area contributed by atoms with E-state index < -0.39 is 4.92 Å². The lowest BCUT2D eigenvalue weighted by Gasteiger charge is -2.06. The van der Waals surface area contributed by atoms with Gasteiger partial charge in [-0.1, -0.05) is 6.07 Å². The van der Waals surface area contributed by atoms with Crippen LogP contribution in [0.25, 0.3) is 0 Å². The molecular weight excluding hydrogens is 302 g/mol. The van der Waals surface area contributed by atoms with Crippen LogP contribution in [0.2, 0.25) is 0 Å². The first-order valence-corrected chi connectivity index (χ1v) is 5.97. The number of rotatable bonds is 4. The summed E-state index contributed by atoms with van der Waals surface area (Å²) in [5.74, 6) is 0.797. The SMILES string of the molecule is Cc1ccc(OCc2ccc([N+](=O)[O-])o2)c(Br)c1. The fourth-order valence-corrected chi connectivity index (χ4v) is 2.02. The van der Waals surface area contributed by atoms with Gasteiger partial charge in [0, 0.05) is 0 Å². The van der Waals surface area contributed by atoms with Gasteiger partial charge in [-0.15, -0.1) is 0 Å². The number of furan rings is 1. The Kier molecular flexibility index (Phi) is 3.66. The van der Waals surface area contributed by atoms with Gasteiger partial charge in [0.2, 0.25) is 0 Å². The highest BCUT2D eigenvalue weighted by atomic mass is 79.9. The molecule has 0 N–H and O–H groups in total. The normalized spacial score (nSPS) is 10.3. The van der Waals surface area contributed by atoms with Crippen molar-refractivity contribution in [1.82, 2.24) is 0 Å². The van der Waals surface area contributed by atoms with E-state index in [0.29, 0.717) is 11.5 Å². The Morgan fingerprint density at radius 1 is 1.39 bits per heavy atom. The van der Waals surface area contributed by atoms with E-state index in [1.165, 1.54) is 12.1 Å². The zero-order valence-corrected chi connectivity index (χ0v) is 11.1. The Balaban J connectivity index is 2.04. The molecular formula is C12H10BrNO4. The lowest BCUT2D eigenvalue weighted by Crippen LogP contribution is -1.94.